The van der Waals surface area contributed by atoms with Gasteiger partial charge in [0, 0.05) is 19.1 Å². The summed E-state index contributed by atoms with van der Waals surface area (Å²) in [5.41, 5.74) is 0. The summed E-state index contributed by atoms with van der Waals surface area (Å²) in [7, 11) is 0. The Morgan fingerprint density at radius 1 is 1.38 bits per heavy atom. The summed E-state index contributed by atoms with van der Waals surface area (Å²) in [4.78, 5) is 0. The van der Waals surface area contributed by atoms with Crippen LogP contribution in [0.1, 0.15) is 19.3 Å². The molecule has 5 heteroatoms. The second-order valence-corrected chi connectivity index (χ2v) is 3.23. The smallest absolute Gasteiger partial charge is 0.380 e. The molecule has 1 N–H and O–H groups in total. The maximum absolute atomic E-state index is 11.7. The average molecular weight is 197 g/mol. The van der Waals surface area contributed by atoms with Crippen LogP contribution < -0.4 is 5.32 Å². The first-order chi connectivity index (χ1) is 6.08. The van der Waals surface area contributed by atoms with E-state index in [1.807, 2.05) is 0 Å². The SMILES string of the molecule is FC(F)(F)CCCNC1CCOC1. The zero-order valence-corrected chi connectivity index (χ0v) is 7.36. The third kappa shape index (κ3) is 5.10. The Morgan fingerprint density at radius 3 is 2.69 bits per heavy atom. The van der Waals surface area contributed by atoms with Gasteiger partial charge >= 0.3 is 6.18 Å². The van der Waals surface area contributed by atoms with E-state index in [2.05, 4.69) is 5.32 Å². The van der Waals surface area contributed by atoms with Crippen molar-refractivity contribution in [1.29, 1.82) is 0 Å². The van der Waals surface area contributed by atoms with Crippen LogP contribution in [0.3, 0.4) is 0 Å². The van der Waals surface area contributed by atoms with Crippen LogP contribution in [0.15, 0.2) is 0 Å². The van der Waals surface area contributed by atoms with E-state index in [1.165, 1.54) is 0 Å². The predicted molar refractivity (Wildman–Crippen MR) is 42.5 cm³/mol. The molecule has 1 rings (SSSR count). The maximum Gasteiger partial charge on any atom is 0.389 e. The van der Waals surface area contributed by atoms with Gasteiger partial charge in [-0.05, 0) is 19.4 Å². The highest BCUT2D eigenvalue weighted by molar-refractivity contribution is 4.70. The number of alkyl halides is 3. The summed E-state index contributed by atoms with van der Waals surface area (Å²) in [6.07, 6.45) is -3.66. The molecule has 13 heavy (non-hydrogen) atoms. The highest BCUT2D eigenvalue weighted by atomic mass is 19.4. The van der Waals surface area contributed by atoms with Crippen molar-refractivity contribution in [2.24, 2.45) is 0 Å². The lowest BCUT2D eigenvalue weighted by Crippen LogP contribution is -2.30. The molecule has 0 aromatic carbocycles. The van der Waals surface area contributed by atoms with Crippen LogP contribution in [-0.2, 0) is 4.74 Å². The van der Waals surface area contributed by atoms with Gasteiger partial charge in [0.2, 0.25) is 0 Å². The molecular formula is C8H14F3NO. The molecule has 1 fully saturated rings. The van der Waals surface area contributed by atoms with Crippen molar-refractivity contribution < 1.29 is 17.9 Å². The van der Waals surface area contributed by atoms with Gasteiger partial charge in [-0.3, -0.25) is 0 Å². The van der Waals surface area contributed by atoms with Gasteiger partial charge in [0.25, 0.3) is 0 Å². The highest BCUT2D eigenvalue weighted by Gasteiger charge is 2.26. The Bertz CT molecular complexity index is 143. The summed E-state index contributed by atoms with van der Waals surface area (Å²) in [6, 6.07) is 0.258. The van der Waals surface area contributed by atoms with E-state index in [1.54, 1.807) is 0 Å². The maximum atomic E-state index is 11.7. The molecule has 0 bridgehead atoms. The molecule has 0 aromatic heterocycles. The molecular weight excluding hydrogens is 183 g/mol. The van der Waals surface area contributed by atoms with Crippen LogP contribution >= 0.6 is 0 Å². The van der Waals surface area contributed by atoms with Crippen LogP contribution in [0.25, 0.3) is 0 Å². The van der Waals surface area contributed by atoms with Crippen molar-refractivity contribution in [1.82, 2.24) is 5.32 Å². The van der Waals surface area contributed by atoms with Gasteiger partial charge in [-0.2, -0.15) is 13.2 Å². The summed E-state index contributed by atoms with van der Waals surface area (Å²) >= 11 is 0. The second kappa shape index (κ2) is 4.81. The molecule has 1 saturated heterocycles. The number of ether oxygens (including phenoxy) is 1. The molecule has 1 aliphatic heterocycles. The minimum atomic E-state index is -4.02. The lowest BCUT2D eigenvalue weighted by Gasteiger charge is -2.10. The summed E-state index contributed by atoms with van der Waals surface area (Å²) in [5, 5.41) is 3.03. The number of hydrogen-bond acceptors (Lipinski definition) is 2. The van der Waals surface area contributed by atoms with Crippen LogP contribution in [0.5, 0.6) is 0 Å². The third-order valence-electron chi connectivity index (χ3n) is 2.00. The Hall–Kier alpha value is -0.290. The molecule has 0 saturated carbocycles. The van der Waals surface area contributed by atoms with Crippen molar-refractivity contribution in [3.05, 3.63) is 0 Å². The van der Waals surface area contributed by atoms with Crippen molar-refractivity contribution in [2.75, 3.05) is 19.8 Å². The second-order valence-electron chi connectivity index (χ2n) is 3.23. The summed E-state index contributed by atoms with van der Waals surface area (Å²) < 4.78 is 40.2. The summed E-state index contributed by atoms with van der Waals surface area (Å²) in [6.45, 7) is 1.77. The van der Waals surface area contributed by atoms with E-state index in [4.69, 9.17) is 4.74 Å². The molecule has 1 atom stereocenters. The first-order valence-electron chi connectivity index (χ1n) is 4.46. The van der Waals surface area contributed by atoms with Gasteiger partial charge in [0.15, 0.2) is 0 Å². The van der Waals surface area contributed by atoms with E-state index in [0.29, 0.717) is 13.2 Å². The Labute approximate surface area is 75.4 Å². The molecule has 0 radical (unpaired) electrons. The van der Waals surface area contributed by atoms with Gasteiger partial charge in [-0.25, -0.2) is 0 Å². The van der Waals surface area contributed by atoms with E-state index in [9.17, 15) is 13.2 Å². The number of halogens is 3. The Kier molecular flexibility index (Phi) is 3.99. The molecule has 78 valence electrons. The fraction of sp³-hybridized carbons (Fsp3) is 1.00. The molecule has 1 aliphatic rings. The topological polar surface area (TPSA) is 21.3 Å². The van der Waals surface area contributed by atoms with E-state index in [0.717, 1.165) is 13.0 Å². The van der Waals surface area contributed by atoms with Crippen molar-refractivity contribution >= 4 is 0 Å². The van der Waals surface area contributed by atoms with E-state index in [-0.39, 0.29) is 12.5 Å². The van der Waals surface area contributed by atoms with E-state index >= 15 is 0 Å². The fourth-order valence-corrected chi connectivity index (χ4v) is 1.29. The minimum absolute atomic E-state index is 0.153. The number of nitrogens with one attached hydrogen (secondary N) is 1. The first-order valence-corrected chi connectivity index (χ1v) is 4.46. The molecule has 0 amide bonds. The van der Waals surface area contributed by atoms with Crippen LogP contribution in [0.2, 0.25) is 0 Å². The third-order valence-corrected chi connectivity index (χ3v) is 2.00. The van der Waals surface area contributed by atoms with Crippen LogP contribution in [-0.4, -0.2) is 32.0 Å². The predicted octanol–water partition coefficient (Wildman–Crippen LogP) is 1.71. The Morgan fingerprint density at radius 2 is 2.15 bits per heavy atom. The zero-order chi connectivity index (χ0) is 9.73. The molecule has 0 spiro atoms. The number of hydrogen-bond donors (Lipinski definition) is 1. The van der Waals surface area contributed by atoms with Crippen LogP contribution in [0, 0.1) is 0 Å². The molecule has 0 aliphatic carbocycles. The standard InChI is InChI=1S/C8H14F3NO/c9-8(10,11)3-1-4-12-7-2-5-13-6-7/h7,12H,1-6H2. The molecule has 0 aromatic rings. The monoisotopic (exact) mass is 197 g/mol. The lowest BCUT2D eigenvalue weighted by molar-refractivity contribution is -0.135. The minimum Gasteiger partial charge on any atom is -0.380 e. The van der Waals surface area contributed by atoms with Gasteiger partial charge < -0.3 is 10.1 Å². The number of rotatable bonds is 4. The van der Waals surface area contributed by atoms with Gasteiger partial charge in [-0.15, -0.1) is 0 Å². The molecule has 1 heterocycles. The average Bonchev–Trinajstić information content (AvgIpc) is 2.48. The van der Waals surface area contributed by atoms with E-state index < -0.39 is 12.6 Å². The quantitative estimate of drug-likeness (QED) is 0.693. The molecule has 2 nitrogen and oxygen atoms in total. The largest absolute Gasteiger partial charge is 0.389 e. The first kappa shape index (κ1) is 10.8. The van der Waals surface area contributed by atoms with Gasteiger partial charge in [-0.1, -0.05) is 0 Å². The van der Waals surface area contributed by atoms with Crippen molar-refractivity contribution in [2.45, 2.75) is 31.5 Å². The van der Waals surface area contributed by atoms with Crippen LogP contribution in [0.4, 0.5) is 13.2 Å². The van der Waals surface area contributed by atoms with Gasteiger partial charge in [0.1, 0.15) is 0 Å². The van der Waals surface area contributed by atoms with Crippen molar-refractivity contribution in [3.8, 4) is 0 Å². The lowest BCUT2D eigenvalue weighted by atomic mass is 10.2. The molecule has 1 unspecified atom stereocenters. The normalized spacial score (nSPS) is 23.8. The highest BCUT2D eigenvalue weighted by Crippen LogP contribution is 2.20. The fourth-order valence-electron chi connectivity index (χ4n) is 1.29. The van der Waals surface area contributed by atoms with Crippen molar-refractivity contribution in [3.63, 3.8) is 0 Å². The van der Waals surface area contributed by atoms with Gasteiger partial charge in [0.05, 0.1) is 6.61 Å². The zero-order valence-electron chi connectivity index (χ0n) is 7.36. The summed E-state index contributed by atoms with van der Waals surface area (Å²) in [5.74, 6) is 0. The Balaban J connectivity index is 1.94.